The highest BCUT2D eigenvalue weighted by molar-refractivity contribution is 6.41. The number of rotatable bonds is 3. The van der Waals surface area contributed by atoms with Crippen molar-refractivity contribution in [1.82, 2.24) is 15.0 Å². The first-order valence-electron chi connectivity index (χ1n) is 6.96. The highest BCUT2D eigenvalue weighted by Crippen LogP contribution is 2.22. The Bertz CT molecular complexity index is 988. The van der Waals surface area contributed by atoms with Crippen molar-refractivity contribution in [3.8, 4) is 0 Å². The molecule has 24 heavy (non-hydrogen) atoms. The lowest BCUT2D eigenvalue weighted by Gasteiger charge is -2.13. The van der Waals surface area contributed by atoms with Crippen LogP contribution in [0.15, 0.2) is 41.3 Å². The Kier molecular flexibility index (Phi) is 4.51. The summed E-state index contributed by atoms with van der Waals surface area (Å²) >= 11 is 11.6. The van der Waals surface area contributed by atoms with Crippen LogP contribution in [0.4, 0.5) is 0 Å². The van der Waals surface area contributed by atoms with Crippen molar-refractivity contribution in [2.24, 2.45) is 0 Å². The number of hydrogen-bond acceptors (Lipinski definition) is 5. The number of hydrogen-bond donors (Lipinski definition) is 1. The number of halogens is 2. The maximum Gasteiger partial charge on any atom is 0.340 e. The molecule has 1 N–H and O–H groups in total. The third-order valence-corrected chi connectivity index (χ3v) is 4.02. The molecule has 0 saturated carbocycles. The first-order valence-corrected chi connectivity index (χ1v) is 7.72. The zero-order valence-electron chi connectivity index (χ0n) is 12.4. The molecule has 0 radical (unpaired) electrons. The van der Waals surface area contributed by atoms with Gasteiger partial charge in [-0.25, -0.2) is 14.8 Å². The number of esters is 1. The fourth-order valence-corrected chi connectivity index (χ4v) is 2.38. The Morgan fingerprint density at radius 2 is 2.04 bits per heavy atom. The number of ether oxygens (including phenoxy) is 1. The van der Waals surface area contributed by atoms with Gasteiger partial charge in [0.25, 0.3) is 5.56 Å². The number of carbonyl (C=O) groups excluding carboxylic acids is 1. The molecule has 1 aromatic carbocycles. The van der Waals surface area contributed by atoms with E-state index < -0.39 is 12.1 Å². The number of aromatic nitrogens is 3. The second-order valence-corrected chi connectivity index (χ2v) is 5.78. The summed E-state index contributed by atoms with van der Waals surface area (Å²) in [5.41, 5.74) is 0.379. The van der Waals surface area contributed by atoms with E-state index in [1.54, 1.807) is 31.2 Å². The van der Waals surface area contributed by atoms with Crippen molar-refractivity contribution in [2.45, 2.75) is 13.0 Å². The molecule has 122 valence electrons. The van der Waals surface area contributed by atoms with Gasteiger partial charge in [0.2, 0.25) is 0 Å². The molecule has 1 atom stereocenters. The highest BCUT2D eigenvalue weighted by atomic mass is 35.5. The van der Waals surface area contributed by atoms with E-state index in [-0.39, 0.29) is 27.1 Å². The van der Waals surface area contributed by atoms with Gasteiger partial charge in [0, 0.05) is 6.20 Å². The van der Waals surface area contributed by atoms with E-state index in [4.69, 9.17) is 27.9 Å². The molecule has 0 aliphatic heterocycles. The van der Waals surface area contributed by atoms with Crippen LogP contribution in [-0.4, -0.2) is 20.9 Å². The lowest BCUT2D eigenvalue weighted by Crippen LogP contribution is -2.17. The monoisotopic (exact) mass is 363 g/mol. The first kappa shape index (κ1) is 16.4. The molecular weight excluding hydrogens is 353 g/mol. The van der Waals surface area contributed by atoms with Crippen molar-refractivity contribution in [3.05, 3.63) is 68.4 Å². The summed E-state index contributed by atoms with van der Waals surface area (Å²) in [6.45, 7) is 1.61. The number of pyridine rings is 1. The first-order chi connectivity index (χ1) is 11.5. The van der Waals surface area contributed by atoms with Crippen LogP contribution < -0.4 is 5.56 Å². The SMILES string of the molecule is C[C@H](OC(=O)c1cnc(Cl)c(Cl)c1)c1nc2ccccc2c(=O)[nH]1. The van der Waals surface area contributed by atoms with Crippen LogP contribution in [0.1, 0.15) is 29.2 Å². The van der Waals surface area contributed by atoms with Crippen molar-refractivity contribution in [1.29, 1.82) is 0 Å². The van der Waals surface area contributed by atoms with Crippen LogP contribution in [0.5, 0.6) is 0 Å². The summed E-state index contributed by atoms with van der Waals surface area (Å²) in [5.74, 6) is -0.399. The molecule has 0 spiro atoms. The van der Waals surface area contributed by atoms with Crippen molar-refractivity contribution in [2.75, 3.05) is 0 Å². The molecule has 0 aliphatic rings. The van der Waals surface area contributed by atoms with Crippen LogP contribution in [0.3, 0.4) is 0 Å². The largest absolute Gasteiger partial charge is 0.451 e. The Labute approximate surface area is 146 Å². The van der Waals surface area contributed by atoms with Gasteiger partial charge in [0.1, 0.15) is 5.15 Å². The predicted octanol–water partition coefficient (Wildman–Crippen LogP) is 3.54. The van der Waals surface area contributed by atoms with E-state index in [0.29, 0.717) is 10.9 Å². The van der Waals surface area contributed by atoms with Gasteiger partial charge in [0.15, 0.2) is 11.9 Å². The van der Waals surface area contributed by atoms with Gasteiger partial charge in [0.05, 0.1) is 21.5 Å². The standard InChI is InChI=1S/C16H11Cl2N3O3/c1-8(24-16(23)9-6-11(17)13(18)19-7-9)14-20-12-5-3-2-4-10(12)15(22)21-14/h2-8H,1H3,(H,20,21,22)/t8-/m0/s1. The molecule has 0 fully saturated rings. The number of nitrogens with one attached hydrogen (secondary N) is 1. The number of nitrogens with zero attached hydrogens (tertiary/aromatic N) is 2. The number of aromatic amines is 1. The number of para-hydroxylation sites is 1. The Morgan fingerprint density at radius 1 is 1.29 bits per heavy atom. The average Bonchev–Trinajstić information content (AvgIpc) is 2.57. The van der Waals surface area contributed by atoms with E-state index in [1.165, 1.54) is 12.3 Å². The molecule has 2 aromatic heterocycles. The zero-order chi connectivity index (χ0) is 17.3. The van der Waals surface area contributed by atoms with E-state index in [2.05, 4.69) is 15.0 Å². The molecule has 0 saturated heterocycles. The Morgan fingerprint density at radius 3 is 2.79 bits per heavy atom. The van der Waals surface area contributed by atoms with Gasteiger partial charge < -0.3 is 9.72 Å². The Hall–Kier alpha value is -2.44. The fraction of sp³-hybridized carbons (Fsp3) is 0.125. The minimum Gasteiger partial charge on any atom is -0.451 e. The molecule has 8 heteroatoms. The lowest BCUT2D eigenvalue weighted by atomic mass is 10.2. The third-order valence-electron chi connectivity index (χ3n) is 3.33. The molecule has 6 nitrogen and oxygen atoms in total. The van der Waals surface area contributed by atoms with E-state index in [9.17, 15) is 9.59 Å². The Balaban J connectivity index is 1.86. The van der Waals surface area contributed by atoms with Gasteiger partial charge >= 0.3 is 5.97 Å². The van der Waals surface area contributed by atoms with Gasteiger partial charge in [-0.05, 0) is 25.1 Å². The summed E-state index contributed by atoms with van der Waals surface area (Å²) in [5, 5.41) is 0.714. The molecule has 0 aliphatic carbocycles. The number of benzene rings is 1. The average molecular weight is 364 g/mol. The van der Waals surface area contributed by atoms with E-state index >= 15 is 0 Å². The van der Waals surface area contributed by atoms with E-state index in [0.717, 1.165) is 0 Å². The molecule has 0 amide bonds. The third kappa shape index (κ3) is 3.25. The minimum absolute atomic E-state index is 0.0989. The smallest absolute Gasteiger partial charge is 0.340 e. The molecule has 3 rings (SSSR count). The van der Waals surface area contributed by atoms with Gasteiger partial charge in [-0.2, -0.15) is 0 Å². The van der Waals surface area contributed by atoms with E-state index in [1.807, 2.05) is 0 Å². The zero-order valence-corrected chi connectivity index (χ0v) is 13.9. The summed E-state index contributed by atoms with van der Waals surface area (Å²) in [4.78, 5) is 35.0. The summed E-state index contributed by atoms with van der Waals surface area (Å²) in [7, 11) is 0. The fourth-order valence-electron chi connectivity index (χ4n) is 2.11. The van der Waals surface area contributed by atoms with Crippen molar-refractivity contribution in [3.63, 3.8) is 0 Å². The van der Waals surface area contributed by atoms with Crippen molar-refractivity contribution >= 4 is 40.1 Å². The van der Waals surface area contributed by atoms with Crippen LogP contribution in [0, 0.1) is 0 Å². The second kappa shape index (κ2) is 6.59. The number of fused-ring (bicyclic) bond motifs is 1. The van der Waals surface area contributed by atoms with Crippen LogP contribution in [0.25, 0.3) is 10.9 Å². The van der Waals surface area contributed by atoms with Crippen LogP contribution in [-0.2, 0) is 4.74 Å². The number of H-pyrrole nitrogens is 1. The number of carbonyl (C=O) groups is 1. The molecule has 3 aromatic rings. The predicted molar refractivity (Wildman–Crippen MR) is 90.5 cm³/mol. The molecule has 2 heterocycles. The van der Waals surface area contributed by atoms with Gasteiger partial charge in [-0.15, -0.1) is 0 Å². The molecular formula is C16H11Cl2N3O3. The van der Waals surface area contributed by atoms with Crippen LogP contribution in [0.2, 0.25) is 10.2 Å². The molecule has 0 unspecified atom stereocenters. The van der Waals surface area contributed by atoms with Crippen molar-refractivity contribution < 1.29 is 9.53 Å². The summed E-state index contributed by atoms with van der Waals surface area (Å²) < 4.78 is 5.31. The van der Waals surface area contributed by atoms with Gasteiger partial charge in [-0.3, -0.25) is 4.79 Å². The molecule has 0 bridgehead atoms. The second-order valence-electron chi connectivity index (χ2n) is 5.01. The summed E-state index contributed by atoms with van der Waals surface area (Å²) in [6, 6.07) is 8.27. The maximum absolute atomic E-state index is 12.2. The summed E-state index contributed by atoms with van der Waals surface area (Å²) in [6.07, 6.45) is 0.504. The quantitative estimate of drug-likeness (QED) is 0.568. The van der Waals surface area contributed by atoms with Gasteiger partial charge in [-0.1, -0.05) is 35.3 Å². The highest BCUT2D eigenvalue weighted by Gasteiger charge is 2.18. The topological polar surface area (TPSA) is 84.9 Å². The minimum atomic E-state index is -0.760. The normalized spacial score (nSPS) is 12.1. The lowest BCUT2D eigenvalue weighted by molar-refractivity contribution is 0.0319. The maximum atomic E-state index is 12.2. The van der Waals surface area contributed by atoms with Crippen LogP contribution >= 0.6 is 23.2 Å².